The minimum absolute atomic E-state index is 0.0418. The first-order valence-corrected chi connectivity index (χ1v) is 20.6. The second-order valence-electron chi connectivity index (χ2n) is 15.5. The van der Waals surface area contributed by atoms with Gasteiger partial charge in [0.15, 0.2) is 18.9 Å². The van der Waals surface area contributed by atoms with Crippen LogP contribution in [0.25, 0.3) is 0 Å². The van der Waals surface area contributed by atoms with E-state index in [1.807, 2.05) is 0 Å². The first-order valence-electron chi connectivity index (χ1n) is 20.6. The van der Waals surface area contributed by atoms with Crippen LogP contribution < -0.4 is 21.3 Å². The maximum Gasteiger partial charge on any atom is 0.239 e. The third-order valence-corrected chi connectivity index (χ3v) is 10.1. The van der Waals surface area contributed by atoms with E-state index in [1.54, 1.807) is 0 Å². The van der Waals surface area contributed by atoms with Crippen LogP contribution in [0.1, 0.15) is 33.1 Å². The number of carbonyl (C=O) groups excluding carboxylic acids is 6. The lowest BCUT2D eigenvalue weighted by Crippen LogP contribution is -2.65. The molecule has 3 fully saturated rings. The Kier molecular flexibility index (Phi) is 23.4. The van der Waals surface area contributed by atoms with Crippen LogP contribution in [0, 0.1) is 0 Å². The number of hydrogen-bond donors (Lipinski definition) is 14. The molecule has 3 aliphatic rings. The van der Waals surface area contributed by atoms with Crippen molar-refractivity contribution in [1.29, 1.82) is 0 Å². The lowest BCUT2D eigenvalue weighted by atomic mass is 9.96. The van der Waals surface area contributed by atoms with Crippen LogP contribution >= 0.6 is 0 Å². The zero-order valence-corrected chi connectivity index (χ0v) is 35.4. The summed E-state index contributed by atoms with van der Waals surface area (Å²) in [6, 6.07) is 0. The summed E-state index contributed by atoms with van der Waals surface area (Å²) in [6.45, 7) is -1.87. The number of hydrogen-bond acceptors (Lipinski definition) is 23. The summed E-state index contributed by atoms with van der Waals surface area (Å²) in [4.78, 5) is 74.0. The van der Waals surface area contributed by atoms with Crippen molar-refractivity contribution in [3.63, 3.8) is 0 Å². The molecule has 3 saturated heterocycles. The maximum atomic E-state index is 12.8. The normalized spacial score (nSPS) is 33.0. The molecule has 0 saturated carbocycles. The summed E-state index contributed by atoms with van der Waals surface area (Å²) in [5, 5.41) is 113. The van der Waals surface area contributed by atoms with Gasteiger partial charge in [0.2, 0.25) is 23.6 Å². The average Bonchev–Trinajstić information content (AvgIpc) is 3.24. The summed E-state index contributed by atoms with van der Waals surface area (Å²) >= 11 is 0. The largest absolute Gasteiger partial charge is 0.394 e. The molecule has 0 aromatic rings. The van der Waals surface area contributed by atoms with Crippen LogP contribution in [0.4, 0.5) is 0 Å². The van der Waals surface area contributed by atoms with E-state index in [2.05, 4.69) is 21.3 Å². The molecule has 64 heavy (non-hydrogen) atoms. The summed E-state index contributed by atoms with van der Waals surface area (Å²) in [6.07, 6.45) is -25.4. The highest BCUT2D eigenvalue weighted by Crippen LogP contribution is 2.31. The first-order chi connectivity index (χ1) is 30.3. The molecule has 14 N–H and O–H groups in total. The number of aliphatic hydroxyl groups excluding tert-OH is 10. The fourth-order valence-corrected chi connectivity index (χ4v) is 6.56. The van der Waals surface area contributed by atoms with Crippen molar-refractivity contribution < 1.29 is 108 Å². The molecule has 3 rings (SSSR count). The van der Waals surface area contributed by atoms with Crippen molar-refractivity contribution >= 4 is 35.2 Å². The summed E-state index contributed by atoms with van der Waals surface area (Å²) < 4.78 is 33.1. The van der Waals surface area contributed by atoms with Crippen molar-refractivity contribution in [2.75, 3.05) is 72.2 Å². The van der Waals surface area contributed by atoms with Gasteiger partial charge >= 0.3 is 0 Å². The molecule has 0 unspecified atom stereocenters. The van der Waals surface area contributed by atoms with Crippen LogP contribution in [0.5, 0.6) is 0 Å². The molecule has 0 spiro atoms. The van der Waals surface area contributed by atoms with Crippen molar-refractivity contribution in [2.24, 2.45) is 0 Å². The highest BCUT2D eigenvalue weighted by Gasteiger charge is 2.52. The average molecular weight is 930 g/mol. The van der Waals surface area contributed by atoms with Gasteiger partial charge < -0.3 is 106 Å². The first kappa shape index (κ1) is 54.9. The Morgan fingerprint density at radius 2 is 1.00 bits per heavy atom. The molecule has 0 radical (unpaired) electrons. The number of nitrogens with zero attached hydrogens (tertiary/aromatic N) is 1. The van der Waals surface area contributed by atoms with E-state index in [9.17, 15) is 79.8 Å². The summed E-state index contributed by atoms with van der Waals surface area (Å²) in [5.41, 5.74) is 0. The zero-order chi connectivity index (χ0) is 47.7. The lowest BCUT2D eigenvalue weighted by molar-refractivity contribution is -0.366. The second-order valence-corrected chi connectivity index (χ2v) is 15.5. The van der Waals surface area contributed by atoms with Gasteiger partial charge in [0, 0.05) is 32.5 Å². The third kappa shape index (κ3) is 17.1. The predicted octanol–water partition coefficient (Wildman–Crippen LogP) is -9.43. The Morgan fingerprint density at radius 1 is 0.516 bits per heavy atom. The van der Waals surface area contributed by atoms with Crippen LogP contribution in [0.2, 0.25) is 0 Å². The molecule has 0 aliphatic carbocycles. The summed E-state index contributed by atoms with van der Waals surface area (Å²) in [5.74, 6) is -2.80. The summed E-state index contributed by atoms with van der Waals surface area (Å²) in [7, 11) is 0. The molecule has 0 aromatic carbocycles. The van der Waals surface area contributed by atoms with E-state index < -0.39 is 168 Å². The lowest BCUT2D eigenvalue weighted by Gasteiger charge is -2.46. The smallest absolute Gasteiger partial charge is 0.239 e. The van der Waals surface area contributed by atoms with Crippen LogP contribution in [0.3, 0.4) is 0 Å². The van der Waals surface area contributed by atoms with Crippen LogP contribution in [-0.2, 0) is 57.2 Å². The van der Waals surface area contributed by atoms with Gasteiger partial charge in [0.05, 0.1) is 52.6 Å². The molecule has 3 heterocycles. The molecule has 27 nitrogen and oxygen atoms in total. The van der Waals surface area contributed by atoms with E-state index in [0.29, 0.717) is 6.42 Å². The number of ketones is 2. The van der Waals surface area contributed by atoms with Crippen molar-refractivity contribution in [1.82, 2.24) is 26.2 Å². The quantitative estimate of drug-likeness (QED) is 0.0358. The zero-order valence-electron chi connectivity index (χ0n) is 35.4. The fourth-order valence-electron chi connectivity index (χ4n) is 6.56. The van der Waals surface area contributed by atoms with E-state index in [4.69, 9.17) is 28.4 Å². The van der Waals surface area contributed by atoms with Gasteiger partial charge in [-0.15, -0.1) is 0 Å². The molecule has 3 aliphatic heterocycles. The monoisotopic (exact) mass is 929 g/mol. The molecule has 368 valence electrons. The maximum absolute atomic E-state index is 12.8. The Hall–Kier alpha value is -3.46. The van der Waals surface area contributed by atoms with Crippen molar-refractivity contribution in [3.8, 4) is 0 Å². The molecule has 0 aromatic heterocycles. The highest BCUT2D eigenvalue weighted by molar-refractivity contribution is 5.87. The van der Waals surface area contributed by atoms with Gasteiger partial charge in [-0.05, 0) is 20.3 Å². The van der Waals surface area contributed by atoms with Gasteiger partial charge in [0.1, 0.15) is 84.8 Å². The molecule has 27 heteroatoms. The van der Waals surface area contributed by atoms with E-state index in [0.717, 1.165) is 0 Å². The third-order valence-electron chi connectivity index (χ3n) is 10.1. The standard InChI is InChI=1S/C37H63N5O22/c1-17(45)4-3-6-38-23(48)11-42(12-24(49)39-7-5-18(2)46)13-25(50)41-10-22(47)40-8-9-59-36-33(58)34(64-37-32(57)30(55)27(52)20(15-44)62-37)28(53)21(63-36)16-60-35-31(56)29(54)26(51)19(14-43)61-35/h19-21,26-37,43-44,51-58H,3-16H2,1-2H3,(H,38,48)(H,39,49)(H,40,47)(H,41,50)/t19-,20-,21-,26-,27-,28-,29+,30+,31+,32+,33+,34+,35+,36+,37-/m1/s1. The van der Waals surface area contributed by atoms with E-state index >= 15 is 0 Å². The molecular formula is C37H63N5O22. The minimum atomic E-state index is -1.96. The predicted molar refractivity (Wildman–Crippen MR) is 209 cm³/mol. The number of aliphatic hydroxyl groups is 10. The number of Topliss-reactive ketones (excluding diaryl/α,β-unsaturated/α-hetero) is 2. The fraction of sp³-hybridized carbons (Fsp3) is 0.838. The van der Waals surface area contributed by atoms with Crippen molar-refractivity contribution in [2.45, 2.75) is 125 Å². The Bertz CT molecular complexity index is 1510. The number of rotatable bonds is 26. The van der Waals surface area contributed by atoms with Crippen LogP contribution in [0.15, 0.2) is 0 Å². The Labute approximate surface area is 366 Å². The minimum Gasteiger partial charge on any atom is -0.394 e. The van der Waals surface area contributed by atoms with E-state index in [-0.39, 0.29) is 44.0 Å². The highest BCUT2D eigenvalue weighted by atomic mass is 16.7. The van der Waals surface area contributed by atoms with Crippen molar-refractivity contribution in [3.05, 3.63) is 0 Å². The van der Waals surface area contributed by atoms with Crippen LogP contribution in [-0.4, -0.2) is 256 Å². The molecular weight excluding hydrogens is 866 g/mol. The Morgan fingerprint density at radius 3 is 1.56 bits per heavy atom. The van der Waals surface area contributed by atoms with Gasteiger partial charge in [-0.1, -0.05) is 0 Å². The number of amides is 4. The SMILES string of the molecule is CC(=O)CCCNC(=O)CN(CC(=O)NCCC(C)=O)CC(=O)NCC(=O)NCCO[C@H]1O[C@H](CO[C@H]2O[C@H](CO)[C@@H](O)[C@H](O)[C@@H]2O)[C@@H](O)[C@H](O[C@H]2O[C@H](CO)[C@@H](O)[C@H](O)[C@@H]2O)[C@@H]1O. The Balaban J connectivity index is 1.59. The number of carbonyl (C=O) groups is 6. The van der Waals surface area contributed by atoms with Gasteiger partial charge in [-0.25, -0.2) is 0 Å². The molecule has 15 atom stereocenters. The second kappa shape index (κ2) is 27.2. The van der Waals surface area contributed by atoms with Gasteiger partial charge in [-0.2, -0.15) is 0 Å². The van der Waals surface area contributed by atoms with Gasteiger partial charge in [-0.3, -0.25) is 28.9 Å². The topological polar surface area (TPSA) is 411 Å². The number of nitrogens with one attached hydrogen (secondary N) is 4. The van der Waals surface area contributed by atoms with Gasteiger partial charge in [0.25, 0.3) is 0 Å². The molecule has 0 bridgehead atoms. The van der Waals surface area contributed by atoms with E-state index in [1.165, 1.54) is 18.7 Å². The number of ether oxygens (including phenoxy) is 6. The molecule has 4 amide bonds.